The number of ether oxygens (including phenoxy) is 2. The molecule has 3 rings (SSSR count). The van der Waals surface area contributed by atoms with Gasteiger partial charge in [-0.2, -0.15) is 5.10 Å². The quantitative estimate of drug-likeness (QED) is 0.465. The number of carbonyl (C=O) groups is 2. The first kappa shape index (κ1) is 22.7. The van der Waals surface area contributed by atoms with Crippen molar-refractivity contribution in [2.24, 2.45) is 5.10 Å². The van der Waals surface area contributed by atoms with Crippen molar-refractivity contribution in [1.82, 2.24) is 5.01 Å². The van der Waals surface area contributed by atoms with Gasteiger partial charge in [0, 0.05) is 37.0 Å². The molecule has 1 atom stereocenters. The van der Waals surface area contributed by atoms with Crippen molar-refractivity contribution in [2.45, 2.75) is 31.7 Å². The van der Waals surface area contributed by atoms with E-state index in [2.05, 4.69) is 5.10 Å². The van der Waals surface area contributed by atoms with E-state index in [1.165, 1.54) is 31.4 Å². The number of carboxylic acids is 1. The van der Waals surface area contributed by atoms with Gasteiger partial charge in [-0.05, 0) is 30.2 Å². The molecule has 10 heteroatoms. The molecule has 0 aliphatic carbocycles. The zero-order valence-corrected chi connectivity index (χ0v) is 17.7. The van der Waals surface area contributed by atoms with Crippen LogP contribution in [0.4, 0.5) is 5.69 Å². The van der Waals surface area contributed by atoms with Crippen LogP contribution in [0.1, 0.15) is 42.9 Å². The third-order valence-electron chi connectivity index (χ3n) is 5.13. The molecule has 32 heavy (non-hydrogen) atoms. The Balaban J connectivity index is 1.94. The number of amides is 1. The Labute approximate surface area is 184 Å². The molecule has 0 aromatic heterocycles. The van der Waals surface area contributed by atoms with Gasteiger partial charge in [0.25, 0.3) is 5.69 Å². The zero-order valence-electron chi connectivity index (χ0n) is 17.7. The lowest BCUT2D eigenvalue weighted by molar-refractivity contribution is -0.385. The van der Waals surface area contributed by atoms with Crippen LogP contribution >= 0.6 is 0 Å². The van der Waals surface area contributed by atoms with E-state index in [1.54, 1.807) is 30.3 Å². The third-order valence-corrected chi connectivity index (χ3v) is 5.13. The van der Waals surface area contributed by atoms with Crippen LogP contribution in [-0.4, -0.2) is 46.8 Å². The van der Waals surface area contributed by atoms with Crippen LogP contribution in [0.15, 0.2) is 47.6 Å². The molecular formula is C22H23N3O7. The summed E-state index contributed by atoms with van der Waals surface area (Å²) in [6.07, 6.45) is 0.378. The van der Waals surface area contributed by atoms with Crippen molar-refractivity contribution in [3.8, 4) is 11.5 Å². The van der Waals surface area contributed by atoms with E-state index in [9.17, 15) is 19.7 Å². The number of rotatable bonds is 9. The number of hydrazone groups is 1. The summed E-state index contributed by atoms with van der Waals surface area (Å²) < 4.78 is 10.6. The van der Waals surface area contributed by atoms with Crippen molar-refractivity contribution in [3.63, 3.8) is 0 Å². The molecule has 2 aromatic rings. The molecule has 2 aromatic carbocycles. The molecule has 0 saturated heterocycles. The molecule has 0 fully saturated rings. The number of hydrogen-bond acceptors (Lipinski definition) is 7. The minimum absolute atomic E-state index is 0.000437. The van der Waals surface area contributed by atoms with Gasteiger partial charge in [-0.15, -0.1) is 0 Å². The minimum atomic E-state index is -0.982. The predicted molar refractivity (Wildman–Crippen MR) is 115 cm³/mol. The SMILES string of the molecule is COc1ccc(C2=NN(C(=O)CCCC(=O)O)[C@H](c3cccc([N+](=O)[O-])c3)C2)cc1OC. The van der Waals surface area contributed by atoms with Crippen molar-refractivity contribution in [1.29, 1.82) is 0 Å². The fraction of sp³-hybridized carbons (Fsp3) is 0.318. The number of hydrogen-bond donors (Lipinski definition) is 1. The molecule has 10 nitrogen and oxygen atoms in total. The standard InChI is InChI=1S/C22H23N3O7/c1-31-19-10-9-14(12-20(19)32-2)17-13-18(15-5-3-6-16(11-15)25(29)30)24(23-17)21(26)7-4-8-22(27)28/h3,5-6,9-12,18H,4,7-8,13H2,1-2H3,(H,27,28)/t18-/m0/s1. The molecule has 168 valence electrons. The lowest BCUT2D eigenvalue weighted by Crippen LogP contribution is -2.27. The van der Waals surface area contributed by atoms with Crippen LogP contribution in [0.2, 0.25) is 0 Å². The first-order chi connectivity index (χ1) is 15.3. The highest BCUT2D eigenvalue weighted by Crippen LogP contribution is 2.36. The summed E-state index contributed by atoms with van der Waals surface area (Å²) in [5.41, 5.74) is 1.82. The maximum atomic E-state index is 12.9. The van der Waals surface area contributed by atoms with E-state index in [1.807, 2.05) is 0 Å². The lowest BCUT2D eigenvalue weighted by Gasteiger charge is -2.22. The molecule has 1 aliphatic heterocycles. The van der Waals surface area contributed by atoms with Crippen molar-refractivity contribution in [2.75, 3.05) is 14.2 Å². The molecule has 1 heterocycles. The average molecular weight is 441 g/mol. The molecule has 0 spiro atoms. The zero-order chi connectivity index (χ0) is 23.3. The van der Waals surface area contributed by atoms with Gasteiger partial charge in [0.05, 0.1) is 30.9 Å². The number of methoxy groups -OCH3 is 2. The van der Waals surface area contributed by atoms with Gasteiger partial charge in [-0.1, -0.05) is 12.1 Å². The number of benzene rings is 2. The van der Waals surface area contributed by atoms with Crippen LogP contribution in [0.25, 0.3) is 0 Å². The van der Waals surface area contributed by atoms with E-state index < -0.39 is 16.9 Å². The Hall–Kier alpha value is -3.95. The number of nitrogens with zero attached hydrogens (tertiary/aromatic N) is 3. The second-order valence-corrected chi connectivity index (χ2v) is 7.17. The van der Waals surface area contributed by atoms with Gasteiger partial charge in [-0.3, -0.25) is 19.7 Å². The molecule has 1 aliphatic rings. The van der Waals surface area contributed by atoms with Crippen LogP contribution in [0, 0.1) is 10.1 Å². The Morgan fingerprint density at radius 2 is 1.91 bits per heavy atom. The van der Waals surface area contributed by atoms with Crippen LogP contribution in [0.5, 0.6) is 11.5 Å². The average Bonchev–Trinajstić information content (AvgIpc) is 3.24. The highest BCUT2D eigenvalue weighted by atomic mass is 16.6. The van der Waals surface area contributed by atoms with Gasteiger partial charge >= 0.3 is 5.97 Å². The Bertz CT molecular complexity index is 1070. The van der Waals surface area contributed by atoms with Crippen molar-refractivity contribution in [3.05, 3.63) is 63.7 Å². The highest BCUT2D eigenvalue weighted by molar-refractivity contribution is 6.03. The van der Waals surface area contributed by atoms with Gasteiger partial charge in [0.2, 0.25) is 5.91 Å². The molecule has 1 amide bonds. The summed E-state index contributed by atoms with van der Waals surface area (Å²) in [5, 5.41) is 25.9. The summed E-state index contributed by atoms with van der Waals surface area (Å²) in [4.78, 5) is 34.4. The Morgan fingerprint density at radius 1 is 1.16 bits per heavy atom. The van der Waals surface area contributed by atoms with Gasteiger partial charge in [0.1, 0.15) is 0 Å². The van der Waals surface area contributed by atoms with Gasteiger partial charge in [0.15, 0.2) is 11.5 Å². The van der Waals surface area contributed by atoms with Crippen molar-refractivity contribution >= 4 is 23.3 Å². The fourth-order valence-electron chi connectivity index (χ4n) is 3.54. The van der Waals surface area contributed by atoms with E-state index >= 15 is 0 Å². The van der Waals surface area contributed by atoms with Gasteiger partial charge in [-0.25, -0.2) is 5.01 Å². The Kier molecular flexibility index (Phi) is 7.04. The number of carbonyl (C=O) groups excluding carboxylic acids is 1. The first-order valence-electron chi connectivity index (χ1n) is 9.92. The maximum absolute atomic E-state index is 12.9. The van der Waals surface area contributed by atoms with Crippen LogP contribution < -0.4 is 9.47 Å². The minimum Gasteiger partial charge on any atom is -0.493 e. The normalized spacial score (nSPS) is 15.2. The smallest absolute Gasteiger partial charge is 0.303 e. The number of nitro benzene ring substituents is 1. The number of aliphatic carboxylic acids is 1. The summed E-state index contributed by atoms with van der Waals surface area (Å²) in [6.45, 7) is 0. The monoisotopic (exact) mass is 441 g/mol. The van der Waals surface area contributed by atoms with E-state index in [0.29, 0.717) is 29.2 Å². The number of carboxylic acid groups (broad SMARTS) is 1. The molecule has 0 radical (unpaired) electrons. The number of non-ortho nitro benzene ring substituents is 1. The second kappa shape index (κ2) is 9.90. The summed E-state index contributed by atoms with van der Waals surface area (Å²) in [6, 6.07) is 10.8. The second-order valence-electron chi connectivity index (χ2n) is 7.17. The fourth-order valence-corrected chi connectivity index (χ4v) is 3.54. The van der Waals surface area contributed by atoms with E-state index in [0.717, 1.165) is 5.56 Å². The Morgan fingerprint density at radius 3 is 2.56 bits per heavy atom. The summed E-state index contributed by atoms with van der Waals surface area (Å²) in [7, 11) is 3.04. The molecule has 1 N–H and O–H groups in total. The molecule has 0 bridgehead atoms. The maximum Gasteiger partial charge on any atom is 0.303 e. The van der Waals surface area contributed by atoms with Crippen LogP contribution in [0.3, 0.4) is 0 Å². The third kappa shape index (κ3) is 5.02. The summed E-state index contributed by atoms with van der Waals surface area (Å²) >= 11 is 0. The molecule has 0 unspecified atom stereocenters. The molecule has 0 saturated carbocycles. The largest absolute Gasteiger partial charge is 0.493 e. The lowest BCUT2D eigenvalue weighted by atomic mass is 9.97. The van der Waals surface area contributed by atoms with Crippen LogP contribution in [-0.2, 0) is 9.59 Å². The van der Waals surface area contributed by atoms with E-state index in [4.69, 9.17) is 14.6 Å². The van der Waals surface area contributed by atoms with E-state index in [-0.39, 0.29) is 30.9 Å². The summed E-state index contributed by atoms with van der Waals surface area (Å²) in [5.74, 6) is -0.278. The highest BCUT2D eigenvalue weighted by Gasteiger charge is 2.33. The molecular weight excluding hydrogens is 418 g/mol. The van der Waals surface area contributed by atoms with Gasteiger partial charge < -0.3 is 14.6 Å². The number of nitro groups is 1. The predicted octanol–water partition coefficient (Wildman–Crippen LogP) is 3.54. The first-order valence-corrected chi connectivity index (χ1v) is 9.92. The topological polar surface area (TPSA) is 132 Å². The van der Waals surface area contributed by atoms with Crippen molar-refractivity contribution < 1.29 is 29.1 Å².